The van der Waals surface area contributed by atoms with Gasteiger partial charge in [-0.1, -0.05) is 58.4 Å². The van der Waals surface area contributed by atoms with Crippen LogP contribution in [0.5, 0.6) is 0 Å². The van der Waals surface area contributed by atoms with E-state index in [0.717, 1.165) is 19.1 Å². The van der Waals surface area contributed by atoms with Gasteiger partial charge in [0.1, 0.15) is 6.26 Å². The van der Waals surface area contributed by atoms with Crippen LogP contribution < -0.4 is 0 Å². The van der Waals surface area contributed by atoms with E-state index in [4.69, 9.17) is 19.2 Å². The van der Waals surface area contributed by atoms with Crippen molar-refractivity contribution in [1.82, 2.24) is 0 Å². The molecule has 0 aliphatic carbocycles. The molecule has 0 aromatic carbocycles. The summed E-state index contributed by atoms with van der Waals surface area (Å²) in [7, 11) is -4.64. The van der Waals surface area contributed by atoms with E-state index in [9.17, 15) is 0 Å². The van der Waals surface area contributed by atoms with Crippen LogP contribution in [-0.2, 0) is 39.5 Å². The molecule has 24 heavy (non-hydrogen) atoms. The van der Waals surface area contributed by atoms with Crippen molar-refractivity contribution in [3.05, 3.63) is 12.8 Å². The minimum atomic E-state index is -4.64. The van der Waals surface area contributed by atoms with Gasteiger partial charge in [0, 0.05) is 15.1 Å². The Kier molecular flexibility index (Phi) is 21.9. The first kappa shape index (κ1) is 25.6. The number of phosphoric acid groups is 1. The topological polar surface area (TPSA) is 142 Å². The normalized spacial score (nSPS) is 10.8. The molecule has 0 aromatic rings. The first-order valence-electron chi connectivity index (χ1n) is 7.42. The summed E-state index contributed by atoms with van der Waals surface area (Å²) in [6.45, 7) is 5.82. The molecule has 0 aromatic heterocycles. The fourth-order valence-corrected chi connectivity index (χ4v) is 1.43. The third kappa shape index (κ3) is 37.6. The average molecular weight is 378 g/mol. The van der Waals surface area contributed by atoms with E-state index in [2.05, 4.69) is 48.5 Å². The van der Waals surface area contributed by atoms with E-state index < -0.39 is 7.82 Å². The molecule has 11 nitrogen and oxygen atoms in total. The standard InChI is InChI=1S/C12H24O7.H3O4P/c1-3-5-6-7-8-9-10-11-12-14-16-18-19-17-15-13-4-2;1-5(2,3)4/h4H,2-3,5-12H2,1H3;(H3,1,2,3,4). The summed E-state index contributed by atoms with van der Waals surface area (Å²) in [5.41, 5.74) is 0. The smallest absolute Gasteiger partial charge is 0.315 e. The lowest BCUT2D eigenvalue weighted by molar-refractivity contribution is -0.786. The van der Waals surface area contributed by atoms with Crippen LogP contribution >= 0.6 is 7.82 Å². The van der Waals surface area contributed by atoms with Crippen molar-refractivity contribution >= 4 is 7.82 Å². The van der Waals surface area contributed by atoms with Gasteiger partial charge in [0.15, 0.2) is 0 Å². The van der Waals surface area contributed by atoms with E-state index in [0.29, 0.717) is 6.61 Å². The van der Waals surface area contributed by atoms with Gasteiger partial charge in [-0.05, 0) is 16.5 Å². The fourth-order valence-electron chi connectivity index (χ4n) is 1.43. The molecule has 0 saturated carbocycles. The highest BCUT2D eigenvalue weighted by Crippen LogP contribution is 2.25. The van der Waals surface area contributed by atoms with Crippen LogP contribution in [0.3, 0.4) is 0 Å². The van der Waals surface area contributed by atoms with Gasteiger partial charge in [0.25, 0.3) is 0 Å². The monoisotopic (exact) mass is 378 g/mol. The fraction of sp³-hybridized carbons (Fsp3) is 0.833. The van der Waals surface area contributed by atoms with Gasteiger partial charge in [-0.15, -0.1) is 0 Å². The third-order valence-corrected chi connectivity index (χ3v) is 2.35. The van der Waals surface area contributed by atoms with Crippen molar-refractivity contribution in [2.45, 2.75) is 58.3 Å². The average Bonchev–Trinajstić information content (AvgIpc) is 2.49. The van der Waals surface area contributed by atoms with E-state index in [-0.39, 0.29) is 0 Å². The summed E-state index contributed by atoms with van der Waals surface area (Å²) in [6.07, 6.45) is 10.7. The maximum Gasteiger partial charge on any atom is 0.466 e. The Morgan fingerprint density at radius 2 is 1.29 bits per heavy atom. The first-order valence-corrected chi connectivity index (χ1v) is 8.99. The summed E-state index contributed by atoms with van der Waals surface area (Å²) in [5.74, 6) is 0. The van der Waals surface area contributed by atoms with Crippen LogP contribution in [0.1, 0.15) is 58.3 Å². The lowest BCUT2D eigenvalue weighted by Crippen LogP contribution is -2.01. The molecule has 0 amide bonds. The van der Waals surface area contributed by atoms with Crippen molar-refractivity contribution < 1.29 is 54.2 Å². The second-order valence-electron chi connectivity index (χ2n) is 4.41. The van der Waals surface area contributed by atoms with E-state index in [1.165, 1.54) is 38.5 Å². The molecule has 0 unspecified atom stereocenters. The Labute approximate surface area is 140 Å². The molecule has 146 valence electrons. The lowest BCUT2D eigenvalue weighted by Gasteiger charge is -2.02. The van der Waals surface area contributed by atoms with Crippen LogP contribution in [0.15, 0.2) is 12.8 Å². The maximum absolute atomic E-state index is 8.88. The third-order valence-electron chi connectivity index (χ3n) is 2.35. The zero-order valence-corrected chi connectivity index (χ0v) is 14.6. The van der Waals surface area contributed by atoms with Crippen LogP contribution in [0.2, 0.25) is 0 Å². The van der Waals surface area contributed by atoms with Crippen LogP contribution in [0.25, 0.3) is 0 Å². The Bertz CT molecular complexity index is 288. The van der Waals surface area contributed by atoms with Gasteiger partial charge in [-0.25, -0.2) is 9.45 Å². The molecule has 0 heterocycles. The van der Waals surface area contributed by atoms with E-state index in [1.807, 2.05) is 0 Å². The second-order valence-corrected chi connectivity index (χ2v) is 5.44. The van der Waals surface area contributed by atoms with Crippen LogP contribution in [0.4, 0.5) is 0 Å². The molecule has 0 saturated heterocycles. The highest BCUT2D eigenvalue weighted by Gasteiger charge is 2.00. The summed E-state index contributed by atoms with van der Waals surface area (Å²) >= 11 is 0. The molecule has 3 N–H and O–H groups in total. The minimum Gasteiger partial charge on any atom is -0.315 e. The molecule has 0 fully saturated rings. The molecular formula is C12H27O11P. The molecule has 12 heteroatoms. The molecule has 0 spiro atoms. The van der Waals surface area contributed by atoms with Gasteiger partial charge in [-0.3, -0.25) is 0 Å². The maximum atomic E-state index is 8.88. The van der Waals surface area contributed by atoms with Gasteiger partial charge < -0.3 is 19.6 Å². The van der Waals surface area contributed by atoms with Crippen molar-refractivity contribution in [2.24, 2.45) is 0 Å². The number of hydrogen-bond acceptors (Lipinski definition) is 8. The zero-order valence-electron chi connectivity index (χ0n) is 13.7. The van der Waals surface area contributed by atoms with Crippen LogP contribution in [-0.4, -0.2) is 21.3 Å². The number of rotatable bonds is 16. The predicted molar refractivity (Wildman–Crippen MR) is 79.5 cm³/mol. The Morgan fingerprint density at radius 3 is 1.83 bits per heavy atom. The van der Waals surface area contributed by atoms with E-state index >= 15 is 0 Å². The van der Waals surface area contributed by atoms with Crippen molar-refractivity contribution in [2.75, 3.05) is 6.61 Å². The van der Waals surface area contributed by atoms with Crippen molar-refractivity contribution in [3.8, 4) is 0 Å². The van der Waals surface area contributed by atoms with Gasteiger partial charge in [0.2, 0.25) is 0 Å². The Morgan fingerprint density at radius 1 is 0.833 bits per heavy atom. The molecule has 0 aliphatic rings. The molecular weight excluding hydrogens is 351 g/mol. The Balaban J connectivity index is 0. The zero-order chi connectivity index (χ0) is 18.5. The number of hydrogen-bond donors (Lipinski definition) is 3. The minimum absolute atomic E-state index is 0.419. The summed E-state index contributed by atoms with van der Waals surface area (Å²) < 4.78 is 8.88. The summed E-state index contributed by atoms with van der Waals surface area (Å²) in [5, 5.41) is 19.7. The first-order chi connectivity index (χ1) is 11.4. The molecule has 0 atom stereocenters. The quantitative estimate of drug-likeness (QED) is 0.120. The van der Waals surface area contributed by atoms with Gasteiger partial charge in [0.05, 0.1) is 6.61 Å². The SMILES string of the molecule is C=COOOOOOOCCCCCCCCCC.O=P(O)(O)O. The van der Waals surface area contributed by atoms with Gasteiger partial charge in [-0.2, -0.15) is 0 Å². The van der Waals surface area contributed by atoms with Crippen LogP contribution in [0, 0.1) is 0 Å². The van der Waals surface area contributed by atoms with Crippen molar-refractivity contribution in [1.29, 1.82) is 0 Å². The lowest BCUT2D eigenvalue weighted by atomic mass is 10.1. The van der Waals surface area contributed by atoms with E-state index in [1.54, 1.807) is 0 Å². The Hall–Kier alpha value is -0.590. The summed E-state index contributed by atoms with van der Waals surface area (Å²) in [6, 6.07) is 0. The molecule has 0 bridgehead atoms. The molecule has 0 rings (SSSR count). The molecule has 0 aliphatic heterocycles. The molecule has 0 radical (unpaired) electrons. The van der Waals surface area contributed by atoms with Gasteiger partial charge >= 0.3 is 7.82 Å². The number of unbranched alkanes of at least 4 members (excludes halogenated alkanes) is 7. The largest absolute Gasteiger partial charge is 0.466 e. The van der Waals surface area contributed by atoms with Crippen molar-refractivity contribution in [3.63, 3.8) is 0 Å². The highest BCUT2D eigenvalue weighted by atomic mass is 31.2. The highest BCUT2D eigenvalue weighted by molar-refractivity contribution is 7.45. The predicted octanol–water partition coefficient (Wildman–Crippen LogP) is 2.95. The second kappa shape index (κ2) is 20.5. The summed E-state index contributed by atoms with van der Waals surface area (Å²) in [4.78, 5) is 30.3.